The number of hydrogen-bond donors (Lipinski definition) is 0. The molecule has 2 aliphatic heterocycles. The Balaban J connectivity index is 1.71. The second kappa shape index (κ2) is 4.51. The van der Waals surface area contributed by atoms with Gasteiger partial charge >= 0.3 is 0 Å². The fourth-order valence-corrected chi connectivity index (χ4v) is 3.76. The van der Waals surface area contributed by atoms with Gasteiger partial charge in [-0.3, -0.25) is 4.90 Å². The van der Waals surface area contributed by atoms with E-state index in [0.29, 0.717) is 5.88 Å². The van der Waals surface area contributed by atoms with Crippen molar-refractivity contribution in [2.24, 2.45) is 0 Å². The molecule has 0 aliphatic carbocycles. The monoisotopic (exact) mass is 257 g/mol. The van der Waals surface area contributed by atoms with Crippen molar-refractivity contribution in [1.82, 2.24) is 9.88 Å². The van der Waals surface area contributed by atoms with Gasteiger partial charge in [0.1, 0.15) is 0 Å². The maximum absolute atomic E-state index is 5.79. The summed E-state index contributed by atoms with van der Waals surface area (Å²) in [7, 11) is 0. The second-order valence-corrected chi connectivity index (χ2v) is 5.64. The number of nitrogens with zero attached hydrogens (tertiary/aromatic N) is 3. The van der Waals surface area contributed by atoms with Gasteiger partial charge in [-0.15, -0.1) is 22.9 Å². The van der Waals surface area contributed by atoms with Gasteiger partial charge in [0.25, 0.3) is 0 Å². The molecule has 1 atom stereocenters. The van der Waals surface area contributed by atoms with Gasteiger partial charge in [-0.05, 0) is 19.4 Å². The highest BCUT2D eigenvalue weighted by molar-refractivity contribution is 7.13. The lowest BCUT2D eigenvalue weighted by molar-refractivity contribution is 0.231. The normalized spacial score (nSPS) is 26.1. The van der Waals surface area contributed by atoms with E-state index < -0.39 is 0 Å². The van der Waals surface area contributed by atoms with Crippen LogP contribution in [0.1, 0.15) is 18.5 Å². The average Bonchev–Trinajstić information content (AvgIpc) is 2.96. The van der Waals surface area contributed by atoms with Gasteiger partial charge in [0.05, 0.1) is 11.6 Å². The Bertz CT molecular complexity index is 368. The molecule has 0 saturated carbocycles. The van der Waals surface area contributed by atoms with Crippen LogP contribution in [0.25, 0.3) is 0 Å². The SMILES string of the molecule is ClCc1csc(N2CCN3CCCC3C2)n1. The lowest BCUT2D eigenvalue weighted by atomic mass is 10.2. The number of alkyl halides is 1. The van der Waals surface area contributed by atoms with Crippen LogP contribution in [-0.4, -0.2) is 42.1 Å². The molecule has 0 aromatic carbocycles. The topological polar surface area (TPSA) is 19.4 Å². The number of piperazine rings is 1. The van der Waals surface area contributed by atoms with E-state index in [1.165, 1.54) is 25.9 Å². The minimum atomic E-state index is 0.528. The molecule has 16 heavy (non-hydrogen) atoms. The average molecular weight is 258 g/mol. The Morgan fingerprint density at radius 2 is 2.38 bits per heavy atom. The van der Waals surface area contributed by atoms with Crippen molar-refractivity contribution in [1.29, 1.82) is 0 Å². The van der Waals surface area contributed by atoms with E-state index in [-0.39, 0.29) is 0 Å². The molecule has 3 nitrogen and oxygen atoms in total. The standard InChI is InChI=1S/C11H16ClN3S/c12-6-9-8-16-11(13-9)15-5-4-14-3-1-2-10(14)7-15/h8,10H,1-7H2. The molecule has 0 spiro atoms. The molecule has 2 saturated heterocycles. The van der Waals surface area contributed by atoms with Gasteiger partial charge < -0.3 is 4.90 Å². The third kappa shape index (κ3) is 1.94. The van der Waals surface area contributed by atoms with Crippen LogP contribution >= 0.6 is 22.9 Å². The van der Waals surface area contributed by atoms with Gasteiger partial charge in [-0.1, -0.05) is 0 Å². The summed E-state index contributed by atoms with van der Waals surface area (Å²) in [5.41, 5.74) is 1.01. The lowest BCUT2D eigenvalue weighted by Crippen LogP contribution is -2.50. The van der Waals surface area contributed by atoms with E-state index in [4.69, 9.17) is 11.6 Å². The van der Waals surface area contributed by atoms with Crippen molar-refractivity contribution in [3.63, 3.8) is 0 Å². The van der Waals surface area contributed by atoms with Crippen LogP contribution in [0.15, 0.2) is 5.38 Å². The molecule has 3 heterocycles. The van der Waals surface area contributed by atoms with Crippen molar-refractivity contribution >= 4 is 28.1 Å². The predicted molar refractivity (Wildman–Crippen MR) is 68.5 cm³/mol. The molecule has 1 unspecified atom stereocenters. The van der Waals surface area contributed by atoms with E-state index in [1.54, 1.807) is 11.3 Å². The summed E-state index contributed by atoms with van der Waals surface area (Å²) >= 11 is 7.51. The second-order valence-electron chi connectivity index (χ2n) is 4.53. The molecule has 5 heteroatoms. The van der Waals surface area contributed by atoms with Crippen molar-refractivity contribution in [2.45, 2.75) is 24.8 Å². The van der Waals surface area contributed by atoms with Crippen LogP contribution < -0.4 is 4.90 Å². The fourth-order valence-electron chi connectivity index (χ4n) is 2.67. The summed E-state index contributed by atoms with van der Waals surface area (Å²) in [6.07, 6.45) is 2.72. The van der Waals surface area contributed by atoms with Crippen LogP contribution in [-0.2, 0) is 5.88 Å². The molecule has 1 aromatic rings. The number of rotatable bonds is 2. The maximum atomic E-state index is 5.79. The smallest absolute Gasteiger partial charge is 0.185 e. The number of aromatic nitrogens is 1. The highest BCUT2D eigenvalue weighted by Gasteiger charge is 2.31. The Morgan fingerprint density at radius 3 is 3.19 bits per heavy atom. The minimum Gasteiger partial charge on any atom is -0.345 e. The zero-order chi connectivity index (χ0) is 11.0. The molecule has 88 valence electrons. The molecule has 0 N–H and O–H groups in total. The minimum absolute atomic E-state index is 0.528. The molecule has 0 bridgehead atoms. The van der Waals surface area contributed by atoms with Crippen molar-refractivity contribution < 1.29 is 0 Å². The first-order valence-corrected chi connectivity index (χ1v) is 7.27. The molecule has 0 radical (unpaired) electrons. The predicted octanol–water partition coefficient (Wildman–Crippen LogP) is 2.17. The van der Waals surface area contributed by atoms with E-state index >= 15 is 0 Å². The first-order valence-electron chi connectivity index (χ1n) is 5.86. The third-order valence-electron chi connectivity index (χ3n) is 3.53. The van der Waals surface area contributed by atoms with Gasteiger partial charge in [-0.2, -0.15) is 0 Å². The molecule has 3 rings (SSSR count). The summed E-state index contributed by atoms with van der Waals surface area (Å²) in [6.45, 7) is 4.75. The summed E-state index contributed by atoms with van der Waals surface area (Å²) in [6, 6.07) is 0.761. The molecule has 0 amide bonds. The summed E-state index contributed by atoms with van der Waals surface area (Å²) in [5.74, 6) is 0.528. The number of anilines is 1. The maximum Gasteiger partial charge on any atom is 0.185 e. The number of halogens is 1. The van der Waals surface area contributed by atoms with Crippen LogP contribution in [0.2, 0.25) is 0 Å². The molecular weight excluding hydrogens is 242 g/mol. The zero-order valence-corrected chi connectivity index (χ0v) is 10.8. The Morgan fingerprint density at radius 1 is 1.44 bits per heavy atom. The van der Waals surface area contributed by atoms with E-state index in [9.17, 15) is 0 Å². The zero-order valence-electron chi connectivity index (χ0n) is 9.23. The van der Waals surface area contributed by atoms with Crippen LogP contribution in [0.4, 0.5) is 5.13 Å². The lowest BCUT2D eigenvalue weighted by Gasteiger charge is -2.37. The largest absolute Gasteiger partial charge is 0.345 e. The van der Waals surface area contributed by atoms with E-state index in [0.717, 1.165) is 30.0 Å². The van der Waals surface area contributed by atoms with Gasteiger partial charge in [-0.25, -0.2) is 4.98 Å². The Labute approximate surface area is 105 Å². The van der Waals surface area contributed by atoms with Crippen LogP contribution in [0.3, 0.4) is 0 Å². The molecular formula is C11H16ClN3S. The summed E-state index contributed by atoms with van der Waals surface area (Å²) in [5, 5.41) is 3.23. The highest BCUT2D eigenvalue weighted by Crippen LogP contribution is 2.27. The van der Waals surface area contributed by atoms with Gasteiger partial charge in [0.15, 0.2) is 5.13 Å². The van der Waals surface area contributed by atoms with E-state index in [1.807, 2.05) is 0 Å². The van der Waals surface area contributed by atoms with Crippen LogP contribution in [0.5, 0.6) is 0 Å². The Hall–Kier alpha value is -0.320. The van der Waals surface area contributed by atoms with Crippen molar-refractivity contribution in [3.8, 4) is 0 Å². The third-order valence-corrected chi connectivity index (χ3v) is 4.76. The number of thiazole rings is 1. The fraction of sp³-hybridized carbons (Fsp3) is 0.727. The Kier molecular flexibility index (Phi) is 3.05. The first-order chi connectivity index (χ1) is 7.86. The van der Waals surface area contributed by atoms with E-state index in [2.05, 4.69) is 20.2 Å². The molecule has 1 aromatic heterocycles. The number of hydrogen-bond acceptors (Lipinski definition) is 4. The summed E-state index contributed by atoms with van der Waals surface area (Å²) < 4.78 is 0. The van der Waals surface area contributed by atoms with Gasteiger partial charge in [0, 0.05) is 31.1 Å². The molecule has 2 fully saturated rings. The van der Waals surface area contributed by atoms with Crippen molar-refractivity contribution in [2.75, 3.05) is 31.1 Å². The molecule has 2 aliphatic rings. The van der Waals surface area contributed by atoms with Crippen molar-refractivity contribution in [3.05, 3.63) is 11.1 Å². The first kappa shape index (κ1) is 10.8. The highest BCUT2D eigenvalue weighted by atomic mass is 35.5. The van der Waals surface area contributed by atoms with Gasteiger partial charge in [0.2, 0.25) is 0 Å². The quantitative estimate of drug-likeness (QED) is 0.757. The van der Waals surface area contributed by atoms with Crippen LogP contribution in [0, 0.1) is 0 Å². The number of fused-ring (bicyclic) bond motifs is 1. The summed E-state index contributed by atoms with van der Waals surface area (Å²) in [4.78, 5) is 9.60.